The number of para-hydroxylation sites is 1. The maximum atomic E-state index is 13.9. The van der Waals surface area contributed by atoms with Gasteiger partial charge in [0.05, 0.1) is 0 Å². The highest BCUT2D eigenvalue weighted by Crippen LogP contribution is 2.25. The third-order valence-electron chi connectivity index (χ3n) is 3.16. The second-order valence-corrected chi connectivity index (χ2v) is 4.56. The van der Waals surface area contributed by atoms with Crippen molar-refractivity contribution >= 4 is 5.69 Å². The number of halogens is 2. The van der Waals surface area contributed by atoms with E-state index in [2.05, 4.69) is 15.5 Å². The molecule has 0 bridgehead atoms. The van der Waals surface area contributed by atoms with Gasteiger partial charge in [0.1, 0.15) is 5.69 Å². The van der Waals surface area contributed by atoms with Crippen molar-refractivity contribution in [2.75, 3.05) is 5.73 Å². The van der Waals surface area contributed by atoms with E-state index in [0.717, 1.165) is 22.4 Å². The van der Waals surface area contributed by atoms with Crippen molar-refractivity contribution in [1.29, 1.82) is 0 Å². The van der Waals surface area contributed by atoms with Crippen LogP contribution in [0.3, 0.4) is 0 Å². The molecule has 0 aliphatic carbocycles. The summed E-state index contributed by atoms with van der Waals surface area (Å²) in [5.41, 5.74) is 7.55. The van der Waals surface area contributed by atoms with Gasteiger partial charge in [0.15, 0.2) is 17.5 Å². The van der Waals surface area contributed by atoms with Gasteiger partial charge >= 0.3 is 0 Å². The molecule has 106 valence electrons. The van der Waals surface area contributed by atoms with Crippen molar-refractivity contribution in [2.45, 2.75) is 6.92 Å². The zero-order chi connectivity index (χ0) is 15.0. The number of nitrogens with zero attached hydrogens (tertiary/aromatic N) is 4. The van der Waals surface area contributed by atoms with Crippen molar-refractivity contribution in [3.05, 3.63) is 53.6 Å². The minimum atomic E-state index is -0.747. The van der Waals surface area contributed by atoms with Crippen LogP contribution < -0.4 is 5.73 Å². The summed E-state index contributed by atoms with van der Waals surface area (Å²) < 4.78 is 28.8. The van der Waals surface area contributed by atoms with Crippen LogP contribution in [0.5, 0.6) is 0 Å². The molecule has 0 saturated heterocycles. The zero-order valence-corrected chi connectivity index (χ0v) is 11.1. The average molecular weight is 287 g/mol. The molecule has 0 aliphatic heterocycles. The van der Waals surface area contributed by atoms with Crippen LogP contribution in [0.15, 0.2) is 36.4 Å². The quantitative estimate of drug-likeness (QED) is 0.735. The number of aromatic nitrogens is 4. The molecule has 1 heterocycles. The van der Waals surface area contributed by atoms with Crippen LogP contribution in [0.25, 0.3) is 17.1 Å². The summed E-state index contributed by atoms with van der Waals surface area (Å²) in [7, 11) is 0. The van der Waals surface area contributed by atoms with Gasteiger partial charge in [0.25, 0.3) is 0 Å². The fraction of sp³-hybridized carbons (Fsp3) is 0.0714. The lowest BCUT2D eigenvalue weighted by atomic mass is 10.1. The van der Waals surface area contributed by atoms with E-state index in [4.69, 9.17) is 5.73 Å². The Morgan fingerprint density at radius 1 is 1.10 bits per heavy atom. The number of hydrogen-bond acceptors (Lipinski definition) is 4. The lowest BCUT2D eigenvalue weighted by molar-refractivity contribution is 0.557. The molecule has 7 heteroatoms. The van der Waals surface area contributed by atoms with Crippen LogP contribution in [-0.2, 0) is 0 Å². The topological polar surface area (TPSA) is 69.6 Å². The first-order valence-electron chi connectivity index (χ1n) is 6.17. The summed E-state index contributed by atoms with van der Waals surface area (Å²) >= 11 is 0. The SMILES string of the molecule is Cc1ccc(-c2nnnn2-c2c(F)cccc2F)cc1N. The van der Waals surface area contributed by atoms with Crippen molar-refractivity contribution in [3.63, 3.8) is 0 Å². The number of anilines is 1. The van der Waals surface area contributed by atoms with Gasteiger partial charge in [0.2, 0.25) is 0 Å². The summed E-state index contributed by atoms with van der Waals surface area (Å²) in [5, 5.41) is 11.0. The lowest BCUT2D eigenvalue weighted by Gasteiger charge is -2.08. The first kappa shape index (κ1) is 13.2. The summed E-state index contributed by atoms with van der Waals surface area (Å²) in [4.78, 5) is 0. The van der Waals surface area contributed by atoms with Crippen molar-refractivity contribution in [3.8, 4) is 17.1 Å². The number of benzene rings is 2. The molecule has 0 unspecified atom stereocenters. The van der Waals surface area contributed by atoms with Gasteiger partial charge in [-0.05, 0) is 41.1 Å². The van der Waals surface area contributed by atoms with E-state index in [0.29, 0.717) is 11.3 Å². The predicted octanol–water partition coefficient (Wildman–Crippen LogP) is 2.50. The maximum Gasteiger partial charge on any atom is 0.187 e. The first-order chi connectivity index (χ1) is 10.1. The largest absolute Gasteiger partial charge is 0.398 e. The van der Waals surface area contributed by atoms with Crippen LogP contribution >= 0.6 is 0 Å². The second kappa shape index (κ2) is 4.93. The average Bonchev–Trinajstić information content (AvgIpc) is 2.91. The molecule has 0 saturated carbocycles. The molecule has 0 fully saturated rings. The molecule has 0 atom stereocenters. The molecule has 3 rings (SSSR count). The number of hydrogen-bond donors (Lipinski definition) is 1. The molecule has 2 aromatic carbocycles. The Hall–Kier alpha value is -2.83. The Labute approximate surface area is 119 Å². The normalized spacial score (nSPS) is 10.8. The van der Waals surface area contributed by atoms with Crippen molar-refractivity contribution in [2.24, 2.45) is 0 Å². The fourth-order valence-electron chi connectivity index (χ4n) is 1.99. The van der Waals surface area contributed by atoms with Crippen LogP contribution in [0.4, 0.5) is 14.5 Å². The van der Waals surface area contributed by atoms with Gasteiger partial charge in [-0.3, -0.25) is 0 Å². The number of rotatable bonds is 2. The van der Waals surface area contributed by atoms with Gasteiger partial charge in [-0.1, -0.05) is 18.2 Å². The third-order valence-corrected chi connectivity index (χ3v) is 3.16. The van der Waals surface area contributed by atoms with E-state index in [-0.39, 0.29) is 11.5 Å². The first-order valence-corrected chi connectivity index (χ1v) is 6.17. The summed E-state index contributed by atoms with van der Waals surface area (Å²) in [6.45, 7) is 1.86. The smallest absolute Gasteiger partial charge is 0.187 e. The van der Waals surface area contributed by atoms with E-state index < -0.39 is 11.6 Å². The highest BCUT2D eigenvalue weighted by Gasteiger charge is 2.18. The summed E-state index contributed by atoms with van der Waals surface area (Å²) in [5.74, 6) is -1.28. The van der Waals surface area contributed by atoms with E-state index in [1.165, 1.54) is 6.07 Å². The van der Waals surface area contributed by atoms with E-state index in [1.54, 1.807) is 18.2 Å². The monoisotopic (exact) mass is 287 g/mol. The molecule has 0 radical (unpaired) electrons. The Morgan fingerprint density at radius 3 is 2.48 bits per heavy atom. The zero-order valence-electron chi connectivity index (χ0n) is 11.1. The van der Waals surface area contributed by atoms with Gasteiger partial charge in [-0.2, -0.15) is 4.68 Å². The fourth-order valence-corrected chi connectivity index (χ4v) is 1.99. The standard InChI is InChI=1S/C14H11F2N5/c1-8-5-6-9(7-12(8)17)14-18-19-20-21(14)13-10(15)3-2-4-11(13)16/h2-7H,17H2,1H3. The molecule has 2 N–H and O–H groups in total. The Kier molecular flexibility index (Phi) is 3.09. The molecule has 1 aromatic heterocycles. The van der Waals surface area contributed by atoms with Gasteiger partial charge in [-0.25, -0.2) is 8.78 Å². The molecule has 5 nitrogen and oxygen atoms in total. The highest BCUT2D eigenvalue weighted by atomic mass is 19.1. The van der Waals surface area contributed by atoms with Crippen LogP contribution in [0.1, 0.15) is 5.56 Å². The number of nitrogen functional groups attached to an aromatic ring is 1. The van der Waals surface area contributed by atoms with Crippen molar-refractivity contribution < 1.29 is 8.78 Å². The molecule has 0 amide bonds. The minimum Gasteiger partial charge on any atom is -0.398 e. The van der Waals surface area contributed by atoms with Crippen LogP contribution in [0, 0.1) is 18.6 Å². The van der Waals surface area contributed by atoms with Crippen molar-refractivity contribution in [1.82, 2.24) is 20.2 Å². The number of tetrazole rings is 1. The van der Waals surface area contributed by atoms with Gasteiger partial charge in [-0.15, -0.1) is 5.10 Å². The molecule has 3 aromatic rings. The molecular weight excluding hydrogens is 276 g/mol. The lowest BCUT2D eigenvalue weighted by Crippen LogP contribution is -2.05. The molecule has 21 heavy (non-hydrogen) atoms. The molecular formula is C14H11F2N5. The second-order valence-electron chi connectivity index (χ2n) is 4.56. The predicted molar refractivity (Wildman–Crippen MR) is 73.7 cm³/mol. The number of nitrogens with two attached hydrogens (primary N) is 1. The van der Waals surface area contributed by atoms with E-state index >= 15 is 0 Å². The summed E-state index contributed by atoms with van der Waals surface area (Å²) in [6.07, 6.45) is 0. The summed E-state index contributed by atoms with van der Waals surface area (Å²) in [6, 6.07) is 8.77. The molecule has 0 spiro atoms. The Bertz CT molecular complexity index is 793. The Balaban J connectivity index is 2.20. The number of aryl methyl sites for hydroxylation is 1. The minimum absolute atomic E-state index is 0.214. The van der Waals surface area contributed by atoms with Crippen LogP contribution in [0.2, 0.25) is 0 Å². The molecule has 0 aliphatic rings. The highest BCUT2D eigenvalue weighted by molar-refractivity contribution is 5.64. The Morgan fingerprint density at radius 2 is 1.81 bits per heavy atom. The van der Waals surface area contributed by atoms with Gasteiger partial charge in [0, 0.05) is 11.3 Å². The van der Waals surface area contributed by atoms with E-state index in [9.17, 15) is 8.78 Å². The maximum absolute atomic E-state index is 13.9. The van der Waals surface area contributed by atoms with Crippen LogP contribution in [-0.4, -0.2) is 20.2 Å². The third kappa shape index (κ3) is 2.22. The van der Waals surface area contributed by atoms with Gasteiger partial charge < -0.3 is 5.73 Å². The van der Waals surface area contributed by atoms with E-state index in [1.807, 2.05) is 6.92 Å².